The maximum Gasteiger partial charge on any atom is 0.363 e. The Bertz CT molecular complexity index is 637. The minimum absolute atomic E-state index is 0.373. The van der Waals surface area contributed by atoms with Gasteiger partial charge in [-0.2, -0.15) is 8.42 Å². The predicted octanol–water partition coefficient (Wildman–Crippen LogP) is 4.79. The number of rotatable bonds is 18. The number of carbonyl (C=O) groups is 2. The highest BCUT2D eigenvalue weighted by Crippen LogP contribution is 2.16. The number of carboxylic acids is 1. The van der Waals surface area contributed by atoms with Crippen LogP contribution in [0.2, 0.25) is 0 Å². The second kappa shape index (κ2) is 20.0. The molecule has 0 fully saturated rings. The van der Waals surface area contributed by atoms with Crippen LogP contribution in [0.15, 0.2) is 12.2 Å². The van der Waals surface area contributed by atoms with Gasteiger partial charge in [0.2, 0.25) is 0 Å². The summed E-state index contributed by atoms with van der Waals surface area (Å²) in [6.07, 6.45) is 21.1. The number of hydrogen-bond acceptors (Lipinski definition) is 5. The summed E-state index contributed by atoms with van der Waals surface area (Å²) in [6.45, 7) is 2.25. The Morgan fingerprint density at radius 3 is 1.58 bits per heavy atom. The summed E-state index contributed by atoms with van der Waals surface area (Å²) in [4.78, 5) is 22.5. The molecule has 0 radical (unpaired) electrons. The van der Waals surface area contributed by atoms with E-state index in [0.29, 0.717) is 12.7 Å². The first-order valence-electron chi connectivity index (χ1n) is 12.2. The molecule has 0 spiro atoms. The first-order valence-corrected chi connectivity index (χ1v) is 14.0. The Balaban J connectivity index is 0. The monoisotopic (exact) mass is 493 g/mol. The first kappa shape index (κ1) is 33.7. The molecule has 1 amide bonds. The normalized spacial score (nSPS) is 12.9. The zero-order valence-electron chi connectivity index (χ0n) is 21.1. The van der Waals surface area contributed by atoms with E-state index in [2.05, 4.69) is 19.1 Å². The summed E-state index contributed by atoms with van der Waals surface area (Å²) in [6, 6.07) is -0.943. The molecule has 0 bridgehead atoms. The Morgan fingerprint density at radius 1 is 0.848 bits per heavy atom. The van der Waals surface area contributed by atoms with Gasteiger partial charge >= 0.3 is 5.97 Å². The molecule has 9 heteroatoms. The zero-order valence-corrected chi connectivity index (χ0v) is 21.9. The highest BCUT2D eigenvalue weighted by molar-refractivity contribution is 7.85. The fourth-order valence-corrected chi connectivity index (χ4v) is 3.43. The van der Waals surface area contributed by atoms with Crippen molar-refractivity contribution >= 4 is 22.2 Å². The standard InChI is InChI=1S/C23H43NO4.CH4O3S/c1-4-5-6-7-8-9-10-11-12-13-14-15-16-17-18-19-20-21(22(25)26)24(2,3)23(27)28;1-5(2,3)4/h11-12,21H,4-10,13-20H2,1-3H3,(H-,25,26,27,28);1H3,(H,2,3,4)/b12-11-;. The number of allylic oxidation sites excluding steroid dienone is 2. The summed E-state index contributed by atoms with van der Waals surface area (Å²) in [5, 5.41) is 20.4. The van der Waals surface area contributed by atoms with Crippen molar-refractivity contribution in [3.63, 3.8) is 0 Å². The van der Waals surface area contributed by atoms with Crippen molar-refractivity contribution in [1.82, 2.24) is 0 Å². The van der Waals surface area contributed by atoms with Crippen molar-refractivity contribution in [2.75, 3.05) is 20.4 Å². The van der Waals surface area contributed by atoms with Crippen molar-refractivity contribution in [3.8, 4) is 0 Å². The second-order valence-electron chi connectivity index (χ2n) is 9.12. The Kier molecular flexibility index (Phi) is 20.4. The number of carboxylic acid groups (broad SMARTS) is 2. The Labute approximate surface area is 201 Å². The fourth-order valence-electron chi connectivity index (χ4n) is 3.43. The van der Waals surface area contributed by atoms with Crippen LogP contribution in [-0.2, 0) is 14.9 Å². The van der Waals surface area contributed by atoms with E-state index in [9.17, 15) is 28.2 Å². The fraction of sp³-hybridized carbons (Fsp3) is 0.833. The van der Waals surface area contributed by atoms with E-state index in [-0.39, 0.29) is 0 Å². The number of likely N-dealkylation sites (N-methyl/N-ethyl adjacent to an activating group) is 1. The van der Waals surface area contributed by atoms with E-state index >= 15 is 0 Å². The van der Waals surface area contributed by atoms with Gasteiger partial charge in [0.25, 0.3) is 16.2 Å². The zero-order chi connectivity index (χ0) is 25.8. The number of unbranched alkanes of at least 4 members (excludes halogenated alkanes) is 12. The molecule has 0 aromatic heterocycles. The molecular weight excluding hydrogens is 446 g/mol. The van der Waals surface area contributed by atoms with Crippen molar-refractivity contribution in [2.45, 2.75) is 109 Å². The minimum atomic E-state index is -3.67. The van der Waals surface area contributed by atoms with Gasteiger partial charge in [-0.15, -0.1) is 0 Å². The van der Waals surface area contributed by atoms with Gasteiger partial charge in [0, 0.05) is 6.42 Å². The lowest BCUT2D eigenvalue weighted by Crippen LogP contribution is -2.61. The molecule has 0 saturated carbocycles. The van der Waals surface area contributed by atoms with E-state index < -0.39 is 32.7 Å². The van der Waals surface area contributed by atoms with Crippen molar-refractivity contribution in [1.29, 1.82) is 0 Å². The average Bonchev–Trinajstić information content (AvgIpc) is 2.68. The summed E-state index contributed by atoms with van der Waals surface area (Å²) >= 11 is 0. The van der Waals surface area contributed by atoms with Gasteiger partial charge in [-0.25, -0.2) is 4.79 Å². The molecule has 2 N–H and O–H groups in total. The highest BCUT2D eigenvalue weighted by Gasteiger charge is 2.36. The third-order valence-electron chi connectivity index (χ3n) is 5.52. The van der Waals surface area contributed by atoms with E-state index in [1.807, 2.05) is 0 Å². The van der Waals surface area contributed by atoms with Crippen LogP contribution in [0.5, 0.6) is 0 Å². The molecule has 33 heavy (non-hydrogen) atoms. The van der Waals surface area contributed by atoms with Crippen LogP contribution < -0.4 is 5.11 Å². The number of carbonyl (C=O) groups excluding carboxylic acids is 1. The molecule has 0 aliphatic heterocycles. The van der Waals surface area contributed by atoms with Crippen LogP contribution in [0, 0.1) is 0 Å². The van der Waals surface area contributed by atoms with E-state index in [1.165, 1.54) is 71.9 Å². The van der Waals surface area contributed by atoms with Crippen LogP contribution in [0.1, 0.15) is 103 Å². The molecular formula is C24H47NO7S. The number of amides is 1. The molecule has 0 aromatic carbocycles. The molecule has 0 rings (SSSR count). The third-order valence-corrected chi connectivity index (χ3v) is 5.52. The lowest BCUT2D eigenvalue weighted by Gasteiger charge is -2.34. The van der Waals surface area contributed by atoms with Crippen LogP contribution in [-0.4, -0.2) is 61.0 Å². The number of aliphatic carboxylic acids is 1. The smallest absolute Gasteiger partial charge is 0.363 e. The summed E-state index contributed by atoms with van der Waals surface area (Å²) < 4.78 is 25.2. The van der Waals surface area contributed by atoms with Gasteiger partial charge in [-0.3, -0.25) is 9.04 Å². The molecule has 1 unspecified atom stereocenters. The molecule has 8 nitrogen and oxygen atoms in total. The second-order valence-corrected chi connectivity index (χ2v) is 10.6. The predicted molar refractivity (Wildman–Crippen MR) is 130 cm³/mol. The van der Waals surface area contributed by atoms with Crippen molar-refractivity contribution < 1.29 is 37.3 Å². The SMILES string of the molecule is CCCCCCCC/C=C\CCCCCCCCC(C(=O)O)[N+](C)(C)C(=O)[O-].CS(=O)(=O)O. The summed E-state index contributed by atoms with van der Waals surface area (Å²) in [7, 11) is -0.901. The van der Waals surface area contributed by atoms with Gasteiger partial charge in [-0.05, 0) is 32.1 Å². The number of quaternary nitrogens is 1. The number of nitrogens with zero attached hydrogens (tertiary/aromatic N) is 1. The van der Waals surface area contributed by atoms with Crippen LogP contribution in [0.4, 0.5) is 4.79 Å². The van der Waals surface area contributed by atoms with E-state index in [4.69, 9.17) is 4.55 Å². The van der Waals surface area contributed by atoms with Crippen molar-refractivity contribution in [3.05, 3.63) is 12.2 Å². The van der Waals surface area contributed by atoms with Gasteiger partial charge in [-0.1, -0.05) is 76.9 Å². The maximum absolute atomic E-state index is 11.3. The molecule has 0 saturated heterocycles. The lowest BCUT2D eigenvalue weighted by molar-refractivity contribution is -0.855. The molecule has 196 valence electrons. The average molecular weight is 494 g/mol. The Hall–Kier alpha value is -1.45. The molecule has 0 aliphatic rings. The lowest BCUT2D eigenvalue weighted by atomic mass is 10.0. The van der Waals surface area contributed by atoms with Crippen molar-refractivity contribution in [2.24, 2.45) is 0 Å². The largest absolute Gasteiger partial charge is 0.498 e. The van der Waals surface area contributed by atoms with Crippen LogP contribution in [0.25, 0.3) is 0 Å². The highest BCUT2D eigenvalue weighted by atomic mass is 32.2. The topological polar surface area (TPSA) is 132 Å². The maximum atomic E-state index is 11.3. The molecule has 1 atom stereocenters. The van der Waals surface area contributed by atoms with Crippen LogP contribution in [0.3, 0.4) is 0 Å². The molecule has 0 heterocycles. The number of hydrogen-bond donors (Lipinski definition) is 2. The summed E-state index contributed by atoms with van der Waals surface area (Å²) in [5.41, 5.74) is 0. The molecule has 0 aromatic rings. The van der Waals surface area contributed by atoms with E-state index in [1.54, 1.807) is 0 Å². The van der Waals surface area contributed by atoms with Gasteiger partial charge in [0.15, 0.2) is 6.04 Å². The van der Waals surface area contributed by atoms with E-state index in [0.717, 1.165) is 32.1 Å². The minimum Gasteiger partial charge on any atom is -0.498 e. The quantitative estimate of drug-likeness (QED) is 0.121. The molecule has 0 aliphatic carbocycles. The van der Waals surface area contributed by atoms with Gasteiger partial charge < -0.3 is 15.0 Å². The van der Waals surface area contributed by atoms with Crippen LogP contribution >= 0.6 is 0 Å². The summed E-state index contributed by atoms with van der Waals surface area (Å²) in [5.74, 6) is -1.07. The first-order chi connectivity index (χ1) is 15.3. The van der Waals surface area contributed by atoms with Gasteiger partial charge in [0.05, 0.1) is 20.4 Å². The van der Waals surface area contributed by atoms with Gasteiger partial charge in [0.1, 0.15) is 0 Å². The third kappa shape index (κ3) is 23.5. The Morgan fingerprint density at radius 2 is 1.21 bits per heavy atom.